The van der Waals surface area contributed by atoms with Crippen molar-refractivity contribution in [3.05, 3.63) is 0 Å². The minimum absolute atomic E-state index is 0.0777. The maximum atomic E-state index is 10.6. The minimum Gasteiger partial charge on any atom is -0.463 e. The van der Waals surface area contributed by atoms with Crippen molar-refractivity contribution in [2.75, 3.05) is 6.61 Å². The molecule has 1 saturated heterocycles. The van der Waals surface area contributed by atoms with Gasteiger partial charge in [-0.15, -0.1) is 0 Å². The van der Waals surface area contributed by atoms with Gasteiger partial charge in [0.15, 0.2) is 0 Å². The van der Waals surface area contributed by atoms with Gasteiger partial charge in [-0.2, -0.15) is 0 Å². The monoisotopic (exact) mass is 186 g/mol. The van der Waals surface area contributed by atoms with Crippen molar-refractivity contribution in [3.63, 3.8) is 0 Å². The van der Waals surface area contributed by atoms with Crippen molar-refractivity contribution < 1.29 is 14.3 Å². The molecule has 3 nitrogen and oxygen atoms in total. The van der Waals surface area contributed by atoms with Gasteiger partial charge in [0.05, 0.1) is 12.2 Å². The number of rotatable bonds is 2. The van der Waals surface area contributed by atoms with Gasteiger partial charge in [-0.1, -0.05) is 13.8 Å². The molecule has 4 atom stereocenters. The smallest absolute Gasteiger partial charge is 0.302 e. The molecule has 0 radical (unpaired) electrons. The van der Waals surface area contributed by atoms with E-state index in [2.05, 4.69) is 20.8 Å². The van der Waals surface area contributed by atoms with Crippen LogP contribution in [-0.2, 0) is 14.3 Å². The second-order valence-electron chi connectivity index (χ2n) is 3.90. The van der Waals surface area contributed by atoms with E-state index in [1.54, 1.807) is 0 Å². The van der Waals surface area contributed by atoms with Gasteiger partial charge in [0.2, 0.25) is 0 Å². The third kappa shape index (κ3) is 2.44. The number of esters is 1. The summed E-state index contributed by atoms with van der Waals surface area (Å²) in [7, 11) is 0. The fraction of sp³-hybridized carbons (Fsp3) is 0.900. The first kappa shape index (κ1) is 10.5. The fourth-order valence-electron chi connectivity index (χ4n) is 1.68. The SMILES string of the molecule is CC(=O)OCC1OC(C)C(C)C1C. The summed E-state index contributed by atoms with van der Waals surface area (Å²) in [6.45, 7) is 8.19. The van der Waals surface area contributed by atoms with Crippen LogP contribution in [0.25, 0.3) is 0 Å². The molecule has 1 heterocycles. The van der Waals surface area contributed by atoms with Crippen LogP contribution < -0.4 is 0 Å². The highest BCUT2D eigenvalue weighted by Crippen LogP contribution is 2.31. The molecule has 0 aromatic rings. The van der Waals surface area contributed by atoms with Gasteiger partial charge in [0.25, 0.3) is 0 Å². The Balaban J connectivity index is 2.40. The molecule has 3 heteroatoms. The number of hydrogen-bond acceptors (Lipinski definition) is 3. The molecule has 4 unspecified atom stereocenters. The van der Waals surface area contributed by atoms with Crippen molar-refractivity contribution in [1.82, 2.24) is 0 Å². The van der Waals surface area contributed by atoms with Crippen LogP contribution in [0.15, 0.2) is 0 Å². The van der Waals surface area contributed by atoms with Crippen molar-refractivity contribution in [1.29, 1.82) is 0 Å². The van der Waals surface area contributed by atoms with Gasteiger partial charge in [0, 0.05) is 6.92 Å². The molecule has 13 heavy (non-hydrogen) atoms. The fourth-order valence-corrected chi connectivity index (χ4v) is 1.68. The summed E-state index contributed by atoms with van der Waals surface area (Å²) < 4.78 is 10.6. The Morgan fingerprint density at radius 1 is 1.31 bits per heavy atom. The molecule has 0 bridgehead atoms. The third-order valence-corrected chi connectivity index (χ3v) is 3.00. The molecule has 0 aromatic carbocycles. The van der Waals surface area contributed by atoms with Crippen molar-refractivity contribution in [3.8, 4) is 0 Å². The first-order valence-corrected chi connectivity index (χ1v) is 4.81. The minimum atomic E-state index is -0.233. The molecule has 0 aromatic heterocycles. The summed E-state index contributed by atoms with van der Waals surface area (Å²) in [6, 6.07) is 0. The topological polar surface area (TPSA) is 35.5 Å². The van der Waals surface area contributed by atoms with Gasteiger partial charge in [-0.3, -0.25) is 4.79 Å². The molecule has 0 aliphatic carbocycles. The molecule has 0 amide bonds. The molecular weight excluding hydrogens is 168 g/mol. The van der Waals surface area contributed by atoms with Gasteiger partial charge >= 0.3 is 5.97 Å². The summed E-state index contributed by atoms with van der Waals surface area (Å²) in [5.74, 6) is 0.776. The second-order valence-corrected chi connectivity index (χ2v) is 3.90. The maximum Gasteiger partial charge on any atom is 0.302 e. The average molecular weight is 186 g/mol. The molecule has 0 spiro atoms. The van der Waals surface area contributed by atoms with Crippen molar-refractivity contribution >= 4 is 5.97 Å². The predicted octanol–water partition coefficient (Wildman–Crippen LogP) is 1.61. The lowest BCUT2D eigenvalue weighted by Gasteiger charge is -2.15. The standard InChI is InChI=1S/C10H18O3/c1-6-7(2)10(13-8(6)3)5-12-9(4)11/h6-8,10H,5H2,1-4H3. The Kier molecular flexibility index (Phi) is 3.31. The number of ether oxygens (including phenoxy) is 2. The van der Waals surface area contributed by atoms with Gasteiger partial charge in [0.1, 0.15) is 6.61 Å². The van der Waals surface area contributed by atoms with Crippen LogP contribution in [0.3, 0.4) is 0 Å². The quantitative estimate of drug-likeness (QED) is 0.615. The Morgan fingerprint density at radius 3 is 2.31 bits per heavy atom. The van der Waals surface area contributed by atoms with Crippen LogP contribution in [0, 0.1) is 11.8 Å². The molecular formula is C10H18O3. The van der Waals surface area contributed by atoms with E-state index in [1.165, 1.54) is 6.92 Å². The lowest BCUT2D eigenvalue weighted by molar-refractivity contribution is -0.145. The van der Waals surface area contributed by atoms with E-state index in [0.717, 1.165) is 0 Å². The van der Waals surface area contributed by atoms with Crippen LogP contribution in [0.2, 0.25) is 0 Å². The number of carbonyl (C=O) groups excluding carboxylic acids is 1. The normalized spacial score (nSPS) is 39.1. The summed E-state index contributed by atoms with van der Waals surface area (Å²) in [5, 5.41) is 0. The molecule has 1 fully saturated rings. The van der Waals surface area contributed by atoms with Gasteiger partial charge < -0.3 is 9.47 Å². The summed E-state index contributed by atoms with van der Waals surface area (Å²) in [6.07, 6.45) is 0.351. The average Bonchev–Trinajstić information content (AvgIpc) is 2.29. The highest BCUT2D eigenvalue weighted by atomic mass is 16.6. The van der Waals surface area contributed by atoms with Crippen LogP contribution in [0.1, 0.15) is 27.7 Å². The Morgan fingerprint density at radius 2 is 1.92 bits per heavy atom. The van der Waals surface area contributed by atoms with Crippen molar-refractivity contribution in [2.45, 2.75) is 39.9 Å². The molecule has 76 valence electrons. The second kappa shape index (κ2) is 4.09. The van der Waals surface area contributed by atoms with E-state index in [9.17, 15) is 4.79 Å². The number of hydrogen-bond donors (Lipinski definition) is 0. The van der Waals surface area contributed by atoms with Crippen molar-refractivity contribution in [2.24, 2.45) is 11.8 Å². The zero-order valence-corrected chi connectivity index (χ0v) is 8.74. The Labute approximate surface area is 79.4 Å². The summed E-state index contributed by atoms with van der Waals surface area (Å²) >= 11 is 0. The molecule has 1 aliphatic heterocycles. The molecule has 1 rings (SSSR count). The summed E-state index contributed by atoms with van der Waals surface area (Å²) in [4.78, 5) is 10.6. The van der Waals surface area contributed by atoms with E-state index >= 15 is 0 Å². The first-order valence-electron chi connectivity index (χ1n) is 4.81. The molecule has 0 saturated carbocycles. The maximum absolute atomic E-state index is 10.6. The Hall–Kier alpha value is -0.570. The zero-order valence-electron chi connectivity index (χ0n) is 8.74. The largest absolute Gasteiger partial charge is 0.463 e. The highest BCUT2D eigenvalue weighted by molar-refractivity contribution is 5.65. The molecule has 0 N–H and O–H groups in total. The Bertz CT molecular complexity index is 191. The predicted molar refractivity (Wildman–Crippen MR) is 49.3 cm³/mol. The van der Waals surface area contributed by atoms with Crippen LogP contribution >= 0.6 is 0 Å². The van der Waals surface area contributed by atoms with Gasteiger partial charge in [-0.25, -0.2) is 0 Å². The lowest BCUT2D eigenvalue weighted by atomic mass is 9.91. The zero-order chi connectivity index (χ0) is 10.0. The third-order valence-electron chi connectivity index (χ3n) is 3.00. The van der Waals surface area contributed by atoms with Crippen LogP contribution in [-0.4, -0.2) is 24.8 Å². The van der Waals surface area contributed by atoms with E-state index in [-0.39, 0.29) is 18.2 Å². The highest BCUT2D eigenvalue weighted by Gasteiger charge is 2.36. The lowest BCUT2D eigenvalue weighted by Crippen LogP contribution is -2.23. The first-order chi connectivity index (χ1) is 6.02. The van der Waals surface area contributed by atoms with E-state index < -0.39 is 0 Å². The van der Waals surface area contributed by atoms with E-state index in [0.29, 0.717) is 18.4 Å². The van der Waals surface area contributed by atoms with Crippen LogP contribution in [0.4, 0.5) is 0 Å². The van der Waals surface area contributed by atoms with E-state index in [4.69, 9.17) is 9.47 Å². The van der Waals surface area contributed by atoms with Crippen LogP contribution in [0.5, 0.6) is 0 Å². The molecule has 1 aliphatic rings. The number of carbonyl (C=O) groups is 1. The van der Waals surface area contributed by atoms with Gasteiger partial charge in [-0.05, 0) is 18.8 Å². The van der Waals surface area contributed by atoms with E-state index in [1.807, 2.05) is 0 Å². The summed E-state index contributed by atoms with van der Waals surface area (Å²) in [5.41, 5.74) is 0.